The standard InChI is InChI=1S/C15H19BrN2O3/c16-13-5-3-11(4-6-13)9-17-15(21)18-7-1-2-12(10-18)8-14(19)20/h3-6,12H,1-2,7-10H2,(H,17,21)(H,19,20). The first-order valence-corrected chi connectivity index (χ1v) is 7.83. The molecule has 1 aliphatic heterocycles. The van der Waals surface area contributed by atoms with E-state index in [0.29, 0.717) is 19.6 Å². The average molecular weight is 355 g/mol. The molecule has 5 nitrogen and oxygen atoms in total. The van der Waals surface area contributed by atoms with E-state index in [1.165, 1.54) is 0 Å². The predicted octanol–water partition coefficient (Wildman–Crippen LogP) is 2.85. The number of benzene rings is 1. The fourth-order valence-electron chi connectivity index (χ4n) is 2.55. The zero-order valence-corrected chi connectivity index (χ0v) is 13.3. The highest BCUT2D eigenvalue weighted by atomic mass is 79.9. The number of carbonyl (C=O) groups excluding carboxylic acids is 1. The van der Waals surface area contributed by atoms with Gasteiger partial charge in [0.1, 0.15) is 0 Å². The lowest BCUT2D eigenvalue weighted by Crippen LogP contribution is -2.45. The molecular weight excluding hydrogens is 336 g/mol. The molecule has 1 unspecified atom stereocenters. The molecule has 2 amide bonds. The molecule has 1 saturated heterocycles. The van der Waals surface area contributed by atoms with Gasteiger partial charge in [-0.05, 0) is 36.5 Å². The van der Waals surface area contributed by atoms with Gasteiger partial charge in [0.25, 0.3) is 0 Å². The molecule has 114 valence electrons. The average Bonchev–Trinajstić information content (AvgIpc) is 2.46. The van der Waals surface area contributed by atoms with E-state index in [9.17, 15) is 9.59 Å². The van der Waals surface area contributed by atoms with Gasteiger partial charge in [-0.3, -0.25) is 4.79 Å². The molecule has 2 N–H and O–H groups in total. The number of rotatable bonds is 4. The molecule has 0 aliphatic carbocycles. The third-order valence-corrected chi connectivity index (χ3v) is 4.16. The van der Waals surface area contributed by atoms with Crippen molar-refractivity contribution in [2.75, 3.05) is 13.1 Å². The van der Waals surface area contributed by atoms with Gasteiger partial charge in [0.2, 0.25) is 0 Å². The van der Waals surface area contributed by atoms with Crippen molar-refractivity contribution in [1.29, 1.82) is 0 Å². The Morgan fingerprint density at radius 3 is 2.71 bits per heavy atom. The second kappa shape index (κ2) is 7.45. The number of hydrogen-bond acceptors (Lipinski definition) is 2. The molecule has 0 aromatic heterocycles. The van der Waals surface area contributed by atoms with Crippen LogP contribution in [0.15, 0.2) is 28.7 Å². The first-order chi connectivity index (χ1) is 10.0. The lowest BCUT2D eigenvalue weighted by molar-refractivity contribution is -0.138. The van der Waals surface area contributed by atoms with Crippen LogP contribution in [-0.4, -0.2) is 35.1 Å². The number of urea groups is 1. The highest BCUT2D eigenvalue weighted by molar-refractivity contribution is 9.10. The van der Waals surface area contributed by atoms with E-state index >= 15 is 0 Å². The van der Waals surface area contributed by atoms with Crippen LogP contribution in [0.4, 0.5) is 4.79 Å². The van der Waals surface area contributed by atoms with Gasteiger partial charge in [-0.25, -0.2) is 4.79 Å². The summed E-state index contributed by atoms with van der Waals surface area (Å²) in [6.07, 6.45) is 1.88. The highest BCUT2D eigenvalue weighted by Gasteiger charge is 2.24. The van der Waals surface area contributed by atoms with E-state index in [0.717, 1.165) is 22.9 Å². The summed E-state index contributed by atoms with van der Waals surface area (Å²) in [5, 5.41) is 11.7. The summed E-state index contributed by atoms with van der Waals surface area (Å²) < 4.78 is 1.00. The van der Waals surface area contributed by atoms with Crippen LogP contribution >= 0.6 is 15.9 Å². The molecule has 21 heavy (non-hydrogen) atoms. The number of nitrogens with zero attached hydrogens (tertiary/aromatic N) is 1. The quantitative estimate of drug-likeness (QED) is 0.873. The number of carboxylic acids is 1. The lowest BCUT2D eigenvalue weighted by atomic mass is 9.95. The van der Waals surface area contributed by atoms with Crippen molar-refractivity contribution >= 4 is 27.9 Å². The Kier molecular flexibility index (Phi) is 5.61. The van der Waals surface area contributed by atoms with E-state index in [1.54, 1.807) is 4.90 Å². The molecule has 0 radical (unpaired) electrons. The number of carbonyl (C=O) groups is 2. The SMILES string of the molecule is O=C(O)CC1CCCN(C(=O)NCc2ccc(Br)cc2)C1. The van der Waals surface area contributed by atoms with Gasteiger partial charge >= 0.3 is 12.0 Å². The molecule has 1 fully saturated rings. The number of aliphatic carboxylic acids is 1. The number of hydrogen-bond donors (Lipinski definition) is 2. The second-order valence-electron chi connectivity index (χ2n) is 5.34. The summed E-state index contributed by atoms with van der Waals surface area (Å²) in [5.74, 6) is -0.730. The van der Waals surface area contributed by atoms with Gasteiger partial charge in [-0.1, -0.05) is 28.1 Å². The minimum Gasteiger partial charge on any atom is -0.481 e. The number of nitrogens with one attached hydrogen (secondary N) is 1. The van der Waals surface area contributed by atoms with E-state index in [4.69, 9.17) is 5.11 Å². The summed E-state index contributed by atoms with van der Waals surface area (Å²) in [7, 11) is 0. The van der Waals surface area contributed by atoms with Crippen LogP contribution in [0, 0.1) is 5.92 Å². The van der Waals surface area contributed by atoms with Crippen molar-refractivity contribution in [3.63, 3.8) is 0 Å². The number of likely N-dealkylation sites (tertiary alicyclic amines) is 1. The predicted molar refractivity (Wildman–Crippen MR) is 82.9 cm³/mol. The highest BCUT2D eigenvalue weighted by Crippen LogP contribution is 2.19. The molecule has 0 bridgehead atoms. The fraction of sp³-hybridized carbons (Fsp3) is 0.467. The van der Waals surface area contributed by atoms with Crippen molar-refractivity contribution < 1.29 is 14.7 Å². The van der Waals surface area contributed by atoms with Gasteiger partial charge in [-0.2, -0.15) is 0 Å². The smallest absolute Gasteiger partial charge is 0.317 e. The van der Waals surface area contributed by atoms with E-state index in [-0.39, 0.29) is 18.4 Å². The molecule has 1 aromatic carbocycles. The molecule has 2 rings (SSSR count). The van der Waals surface area contributed by atoms with Gasteiger partial charge in [0.15, 0.2) is 0 Å². The first-order valence-electron chi connectivity index (χ1n) is 7.03. The molecule has 1 aliphatic rings. The molecule has 1 heterocycles. The summed E-state index contributed by atoms with van der Waals surface area (Å²) in [6.45, 7) is 1.70. The Bertz CT molecular complexity index is 504. The lowest BCUT2D eigenvalue weighted by Gasteiger charge is -2.32. The van der Waals surface area contributed by atoms with Crippen LogP contribution < -0.4 is 5.32 Å². The number of amides is 2. The number of halogens is 1. The number of carboxylic acid groups (broad SMARTS) is 1. The minimum absolute atomic E-state index is 0.0645. The maximum absolute atomic E-state index is 12.1. The van der Waals surface area contributed by atoms with Crippen molar-refractivity contribution in [2.45, 2.75) is 25.8 Å². The molecule has 1 atom stereocenters. The zero-order chi connectivity index (χ0) is 15.2. The zero-order valence-electron chi connectivity index (χ0n) is 11.7. The largest absolute Gasteiger partial charge is 0.481 e. The Morgan fingerprint density at radius 1 is 1.33 bits per heavy atom. The van der Waals surface area contributed by atoms with Crippen LogP contribution in [0.1, 0.15) is 24.8 Å². The Morgan fingerprint density at radius 2 is 2.05 bits per heavy atom. The van der Waals surface area contributed by atoms with Crippen LogP contribution in [0.25, 0.3) is 0 Å². The first kappa shape index (κ1) is 15.8. The maximum Gasteiger partial charge on any atom is 0.317 e. The summed E-state index contributed by atoms with van der Waals surface area (Å²) in [4.78, 5) is 24.6. The van der Waals surface area contributed by atoms with E-state index in [1.807, 2.05) is 24.3 Å². The molecule has 0 spiro atoms. The van der Waals surface area contributed by atoms with Crippen molar-refractivity contribution in [3.8, 4) is 0 Å². The molecular formula is C15H19BrN2O3. The summed E-state index contributed by atoms with van der Waals surface area (Å²) >= 11 is 3.37. The van der Waals surface area contributed by atoms with E-state index < -0.39 is 5.97 Å². The fourth-order valence-corrected chi connectivity index (χ4v) is 2.82. The Balaban J connectivity index is 1.82. The third-order valence-electron chi connectivity index (χ3n) is 3.63. The number of piperidine rings is 1. The van der Waals surface area contributed by atoms with Crippen molar-refractivity contribution in [1.82, 2.24) is 10.2 Å². The van der Waals surface area contributed by atoms with Gasteiger partial charge < -0.3 is 15.3 Å². The summed E-state index contributed by atoms with van der Waals surface area (Å²) in [6, 6.07) is 7.66. The molecule has 6 heteroatoms. The van der Waals surface area contributed by atoms with Crippen LogP contribution in [-0.2, 0) is 11.3 Å². The third kappa shape index (κ3) is 5.04. The van der Waals surface area contributed by atoms with Crippen LogP contribution in [0.3, 0.4) is 0 Å². The summed E-state index contributed by atoms with van der Waals surface area (Å²) in [5.41, 5.74) is 1.03. The normalized spacial score (nSPS) is 18.3. The molecule has 0 saturated carbocycles. The van der Waals surface area contributed by atoms with Gasteiger partial charge in [0, 0.05) is 30.5 Å². The Labute approximate surface area is 132 Å². The monoisotopic (exact) mass is 354 g/mol. The second-order valence-corrected chi connectivity index (χ2v) is 6.25. The minimum atomic E-state index is -0.794. The topological polar surface area (TPSA) is 69.6 Å². The van der Waals surface area contributed by atoms with Gasteiger partial charge in [0.05, 0.1) is 0 Å². The van der Waals surface area contributed by atoms with Crippen LogP contribution in [0.2, 0.25) is 0 Å². The van der Waals surface area contributed by atoms with Crippen molar-refractivity contribution in [2.24, 2.45) is 5.92 Å². The van der Waals surface area contributed by atoms with E-state index in [2.05, 4.69) is 21.2 Å². The van der Waals surface area contributed by atoms with Crippen LogP contribution in [0.5, 0.6) is 0 Å². The Hall–Kier alpha value is -1.56. The van der Waals surface area contributed by atoms with Gasteiger partial charge in [-0.15, -0.1) is 0 Å². The molecule has 1 aromatic rings. The maximum atomic E-state index is 12.1. The van der Waals surface area contributed by atoms with Crippen molar-refractivity contribution in [3.05, 3.63) is 34.3 Å².